The van der Waals surface area contributed by atoms with E-state index in [1.165, 1.54) is 12.1 Å². The normalized spacial score (nSPS) is 14.4. The molecule has 0 aromatic heterocycles. The number of rotatable bonds is 5. The van der Waals surface area contributed by atoms with E-state index in [4.69, 9.17) is 4.74 Å². The predicted molar refractivity (Wildman–Crippen MR) is 108 cm³/mol. The molecule has 2 N–H and O–H groups in total. The quantitative estimate of drug-likeness (QED) is 0.729. The second kappa shape index (κ2) is 9.54. The van der Waals surface area contributed by atoms with E-state index in [1.54, 1.807) is 11.0 Å². The first-order chi connectivity index (χ1) is 13.5. The number of likely N-dealkylation sites (tertiary alicyclic amines) is 1. The van der Waals surface area contributed by atoms with Gasteiger partial charge >= 0.3 is 6.03 Å². The van der Waals surface area contributed by atoms with Crippen molar-refractivity contribution in [2.24, 2.45) is 0 Å². The summed E-state index contributed by atoms with van der Waals surface area (Å²) < 4.78 is 19.6. The van der Waals surface area contributed by atoms with Gasteiger partial charge in [-0.1, -0.05) is 34.1 Å². The second-order valence-corrected chi connectivity index (χ2v) is 7.40. The van der Waals surface area contributed by atoms with Gasteiger partial charge in [-0.25, -0.2) is 9.18 Å². The van der Waals surface area contributed by atoms with Crippen LogP contribution in [-0.2, 0) is 4.79 Å². The Balaban J connectivity index is 1.40. The molecule has 1 aliphatic heterocycles. The van der Waals surface area contributed by atoms with Crippen LogP contribution in [-0.4, -0.2) is 42.6 Å². The molecule has 0 aliphatic carbocycles. The van der Waals surface area contributed by atoms with E-state index in [1.807, 2.05) is 30.3 Å². The summed E-state index contributed by atoms with van der Waals surface area (Å²) in [6.45, 7) is 0.813. The molecule has 1 aliphatic rings. The highest BCUT2D eigenvalue weighted by Gasteiger charge is 2.24. The molecule has 28 heavy (non-hydrogen) atoms. The molecule has 0 bridgehead atoms. The van der Waals surface area contributed by atoms with Crippen LogP contribution in [0.4, 0.5) is 14.9 Å². The van der Waals surface area contributed by atoms with Gasteiger partial charge in [0.25, 0.3) is 5.91 Å². The summed E-state index contributed by atoms with van der Waals surface area (Å²) >= 11 is 3.17. The number of amides is 3. The molecule has 8 heteroatoms. The smallest absolute Gasteiger partial charge is 0.319 e. The molecule has 3 rings (SSSR count). The second-order valence-electron chi connectivity index (χ2n) is 6.48. The molecule has 148 valence electrons. The van der Waals surface area contributed by atoms with Gasteiger partial charge in [-0.3, -0.25) is 4.79 Å². The lowest BCUT2D eigenvalue weighted by Gasteiger charge is -2.32. The van der Waals surface area contributed by atoms with Crippen molar-refractivity contribution in [3.05, 3.63) is 58.8 Å². The summed E-state index contributed by atoms with van der Waals surface area (Å²) in [5, 5.41) is 5.71. The lowest BCUT2D eigenvalue weighted by atomic mass is 10.1. The van der Waals surface area contributed by atoms with E-state index in [0.717, 1.165) is 5.69 Å². The molecule has 1 heterocycles. The van der Waals surface area contributed by atoms with Gasteiger partial charge in [0, 0.05) is 29.3 Å². The van der Waals surface area contributed by atoms with E-state index in [-0.39, 0.29) is 30.3 Å². The largest absolute Gasteiger partial charge is 0.481 e. The Morgan fingerprint density at radius 1 is 1.14 bits per heavy atom. The number of carbonyl (C=O) groups excluding carboxylic acids is 2. The van der Waals surface area contributed by atoms with Gasteiger partial charge in [-0.2, -0.15) is 0 Å². The number of carbonyl (C=O) groups is 2. The molecule has 0 radical (unpaired) electrons. The van der Waals surface area contributed by atoms with E-state index in [9.17, 15) is 14.0 Å². The van der Waals surface area contributed by atoms with Crippen molar-refractivity contribution < 1.29 is 18.7 Å². The fourth-order valence-corrected chi connectivity index (χ4v) is 3.30. The monoisotopic (exact) mass is 449 g/mol. The van der Waals surface area contributed by atoms with E-state index in [0.29, 0.717) is 30.4 Å². The Kier molecular flexibility index (Phi) is 6.86. The molecule has 2 aromatic carbocycles. The lowest BCUT2D eigenvalue weighted by molar-refractivity contribution is -0.134. The van der Waals surface area contributed by atoms with Crippen LogP contribution in [0.25, 0.3) is 0 Å². The summed E-state index contributed by atoms with van der Waals surface area (Å²) in [5.41, 5.74) is 0.727. The van der Waals surface area contributed by atoms with Crippen LogP contribution in [0.1, 0.15) is 12.8 Å². The molecular formula is C20H21BrFN3O3. The summed E-state index contributed by atoms with van der Waals surface area (Å²) in [5.74, 6) is -0.672. The maximum absolute atomic E-state index is 13.7. The van der Waals surface area contributed by atoms with Crippen molar-refractivity contribution >= 4 is 33.6 Å². The van der Waals surface area contributed by atoms with Gasteiger partial charge in [0.1, 0.15) is 0 Å². The van der Waals surface area contributed by atoms with Gasteiger partial charge < -0.3 is 20.3 Å². The van der Waals surface area contributed by atoms with Crippen LogP contribution in [0, 0.1) is 5.82 Å². The lowest BCUT2D eigenvalue weighted by Crippen LogP contribution is -2.48. The van der Waals surface area contributed by atoms with Crippen LogP contribution in [0.5, 0.6) is 5.75 Å². The minimum Gasteiger partial charge on any atom is -0.481 e. The maximum Gasteiger partial charge on any atom is 0.319 e. The third-order valence-corrected chi connectivity index (χ3v) is 4.95. The Bertz CT molecular complexity index is 827. The minimum absolute atomic E-state index is 0.00222. The fraction of sp³-hybridized carbons (Fsp3) is 0.300. The molecule has 1 saturated heterocycles. The molecule has 6 nitrogen and oxygen atoms in total. The highest BCUT2D eigenvalue weighted by atomic mass is 79.9. The molecule has 0 atom stereocenters. The standard InChI is InChI=1S/C20H21BrFN3O3/c21-14-6-7-18(17(22)12-14)28-13-19(26)25-10-8-16(9-11-25)24-20(27)23-15-4-2-1-3-5-15/h1-7,12,16H,8-11,13H2,(H2,23,24,27). The maximum atomic E-state index is 13.7. The van der Waals surface area contributed by atoms with Crippen molar-refractivity contribution in [1.29, 1.82) is 0 Å². The molecule has 0 spiro atoms. The Morgan fingerprint density at radius 2 is 1.86 bits per heavy atom. The van der Waals surface area contributed by atoms with Gasteiger partial charge in [-0.05, 0) is 43.2 Å². The number of hydrogen-bond acceptors (Lipinski definition) is 3. The first kappa shape index (κ1) is 20.1. The fourth-order valence-electron chi connectivity index (χ4n) is 2.97. The van der Waals surface area contributed by atoms with Crippen molar-refractivity contribution in [2.45, 2.75) is 18.9 Å². The number of para-hydroxylation sites is 1. The van der Waals surface area contributed by atoms with Crippen LogP contribution in [0.15, 0.2) is 53.0 Å². The molecule has 1 fully saturated rings. The third-order valence-electron chi connectivity index (χ3n) is 4.46. The molecular weight excluding hydrogens is 429 g/mol. The number of nitrogens with zero attached hydrogens (tertiary/aromatic N) is 1. The zero-order valence-corrected chi connectivity index (χ0v) is 16.7. The van der Waals surface area contributed by atoms with Crippen LogP contribution >= 0.6 is 15.9 Å². The molecule has 2 aromatic rings. The average molecular weight is 450 g/mol. The van der Waals surface area contributed by atoms with Crippen LogP contribution < -0.4 is 15.4 Å². The zero-order chi connectivity index (χ0) is 19.9. The van der Waals surface area contributed by atoms with Crippen molar-refractivity contribution in [3.8, 4) is 5.75 Å². The number of nitrogens with one attached hydrogen (secondary N) is 2. The predicted octanol–water partition coefficient (Wildman–Crippen LogP) is 3.78. The third kappa shape index (κ3) is 5.69. The van der Waals surface area contributed by atoms with Crippen LogP contribution in [0.2, 0.25) is 0 Å². The van der Waals surface area contributed by atoms with Crippen molar-refractivity contribution in [2.75, 3.05) is 25.0 Å². The van der Waals surface area contributed by atoms with E-state index in [2.05, 4.69) is 26.6 Å². The first-order valence-electron chi connectivity index (χ1n) is 8.99. The number of benzene rings is 2. The number of urea groups is 1. The van der Waals surface area contributed by atoms with Crippen molar-refractivity contribution in [3.63, 3.8) is 0 Å². The summed E-state index contributed by atoms with van der Waals surface area (Å²) in [7, 11) is 0. The van der Waals surface area contributed by atoms with Gasteiger partial charge in [0.2, 0.25) is 0 Å². The number of hydrogen-bond donors (Lipinski definition) is 2. The van der Waals surface area contributed by atoms with Gasteiger partial charge in [-0.15, -0.1) is 0 Å². The first-order valence-corrected chi connectivity index (χ1v) is 9.79. The summed E-state index contributed by atoms with van der Waals surface area (Å²) in [6, 6.07) is 13.4. The Hall–Kier alpha value is -2.61. The summed E-state index contributed by atoms with van der Waals surface area (Å²) in [6.07, 6.45) is 1.31. The van der Waals surface area contributed by atoms with Crippen molar-refractivity contribution in [1.82, 2.24) is 10.2 Å². The summed E-state index contributed by atoms with van der Waals surface area (Å²) in [4.78, 5) is 26.0. The number of ether oxygens (including phenoxy) is 1. The number of piperidine rings is 1. The Morgan fingerprint density at radius 3 is 2.54 bits per heavy atom. The average Bonchev–Trinajstić information content (AvgIpc) is 2.68. The highest BCUT2D eigenvalue weighted by Crippen LogP contribution is 2.21. The molecule has 0 unspecified atom stereocenters. The van der Waals surface area contributed by atoms with Gasteiger partial charge in [0.05, 0.1) is 0 Å². The van der Waals surface area contributed by atoms with E-state index >= 15 is 0 Å². The van der Waals surface area contributed by atoms with Gasteiger partial charge in [0.15, 0.2) is 18.2 Å². The Labute approximate surface area is 171 Å². The number of anilines is 1. The minimum atomic E-state index is -0.519. The highest BCUT2D eigenvalue weighted by molar-refractivity contribution is 9.10. The SMILES string of the molecule is O=C(Nc1ccccc1)NC1CCN(C(=O)COc2ccc(Br)cc2F)CC1. The molecule has 0 saturated carbocycles. The number of halogens is 2. The van der Waals surface area contributed by atoms with E-state index < -0.39 is 5.82 Å². The van der Waals surface area contributed by atoms with Crippen LogP contribution in [0.3, 0.4) is 0 Å². The molecule has 3 amide bonds. The topological polar surface area (TPSA) is 70.7 Å². The zero-order valence-electron chi connectivity index (χ0n) is 15.2.